The molecule has 0 heterocycles. The number of carbonyl (C=O) groups excluding carboxylic acids is 1. The van der Waals surface area contributed by atoms with Crippen LogP contribution in [0.15, 0.2) is 24.3 Å². The number of phenolic OH excluding ortho intramolecular Hbond substituents is 1. The molecule has 17 heavy (non-hydrogen) atoms. The van der Waals surface area contributed by atoms with Gasteiger partial charge in [0.25, 0.3) is 0 Å². The summed E-state index contributed by atoms with van der Waals surface area (Å²) in [5, 5.41) is 9.09. The van der Waals surface area contributed by atoms with E-state index in [0.29, 0.717) is 18.8 Å². The van der Waals surface area contributed by atoms with Gasteiger partial charge in [-0.25, -0.2) is 4.79 Å². The van der Waals surface area contributed by atoms with Crippen molar-refractivity contribution in [3.63, 3.8) is 0 Å². The summed E-state index contributed by atoms with van der Waals surface area (Å²) >= 11 is 0. The highest BCUT2D eigenvalue weighted by atomic mass is 16.6. The Morgan fingerprint density at radius 3 is 2.59 bits per heavy atom. The highest BCUT2D eigenvalue weighted by Crippen LogP contribution is 2.11. The molecule has 94 valence electrons. The SMILES string of the molecule is CCCOC[C@H](C)OC(=O)c1ccc(O)cc1. The van der Waals surface area contributed by atoms with E-state index in [4.69, 9.17) is 14.6 Å². The van der Waals surface area contributed by atoms with Crippen LogP contribution in [0.1, 0.15) is 30.6 Å². The summed E-state index contributed by atoms with van der Waals surface area (Å²) in [5.74, 6) is -0.279. The second-order valence-corrected chi connectivity index (χ2v) is 3.84. The number of hydrogen-bond donors (Lipinski definition) is 1. The number of rotatable bonds is 6. The van der Waals surface area contributed by atoms with Crippen molar-refractivity contribution >= 4 is 5.97 Å². The molecule has 0 fully saturated rings. The first kappa shape index (κ1) is 13.5. The summed E-state index contributed by atoms with van der Waals surface area (Å²) in [4.78, 5) is 11.6. The number of esters is 1. The van der Waals surface area contributed by atoms with Gasteiger partial charge in [-0.15, -0.1) is 0 Å². The molecule has 0 radical (unpaired) electrons. The summed E-state index contributed by atoms with van der Waals surface area (Å²) in [6.07, 6.45) is 0.668. The summed E-state index contributed by atoms with van der Waals surface area (Å²) in [6, 6.07) is 5.96. The zero-order valence-corrected chi connectivity index (χ0v) is 10.2. The molecule has 0 amide bonds. The van der Waals surface area contributed by atoms with Crippen molar-refractivity contribution in [3.8, 4) is 5.75 Å². The molecule has 4 nitrogen and oxygen atoms in total. The predicted octanol–water partition coefficient (Wildman–Crippen LogP) is 2.36. The number of carbonyl (C=O) groups is 1. The van der Waals surface area contributed by atoms with E-state index in [1.807, 2.05) is 6.92 Å². The van der Waals surface area contributed by atoms with Crippen molar-refractivity contribution in [1.82, 2.24) is 0 Å². The van der Waals surface area contributed by atoms with Crippen molar-refractivity contribution in [1.29, 1.82) is 0 Å². The van der Waals surface area contributed by atoms with Gasteiger partial charge in [-0.3, -0.25) is 0 Å². The maximum atomic E-state index is 11.6. The molecular weight excluding hydrogens is 220 g/mol. The van der Waals surface area contributed by atoms with Crippen LogP contribution in [0.25, 0.3) is 0 Å². The van der Waals surface area contributed by atoms with Gasteiger partial charge >= 0.3 is 5.97 Å². The molecule has 1 aromatic carbocycles. The van der Waals surface area contributed by atoms with Crippen LogP contribution >= 0.6 is 0 Å². The van der Waals surface area contributed by atoms with E-state index in [1.54, 1.807) is 6.92 Å². The third kappa shape index (κ3) is 4.87. The van der Waals surface area contributed by atoms with Crippen molar-refractivity contribution < 1.29 is 19.4 Å². The van der Waals surface area contributed by atoms with E-state index in [0.717, 1.165) is 6.42 Å². The van der Waals surface area contributed by atoms with Gasteiger partial charge in [0, 0.05) is 6.61 Å². The molecule has 0 saturated carbocycles. The fourth-order valence-corrected chi connectivity index (χ4v) is 1.28. The van der Waals surface area contributed by atoms with Crippen molar-refractivity contribution in [2.45, 2.75) is 26.4 Å². The van der Waals surface area contributed by atoms with Gasteiger partial charge in [-0.1, -0.05) is 6.92 Å². The highest BCUT2D eigenvalue weighted by molar-refractivity contribution is 5.89. The lowest BCUT2D eigenvalue weighted by molar-refractivity contribution is 0.00226. The van der Waals surface area contributed by atoms with E-state index < -0.39 is 5.97 Å². The Balaban J connectivity index is 2.40. The van der Waals surface area contributed by atoms with E-state index in [9.17, 15) is 4.79 Å². The Bertz CT molecular complexity index is 345. The molecule has 0 spiro atoms. The monoisotopic (exact) mass is 238 g/mol. The largest absolute Gasteiger partial charge is 0.508 e. The Hall–Kier alpha value is -1.55. The molecule has 0 bridgehead atoms. The average Bonchev–Trinajstić information content (AvgIpc) is 2.30. The zero-order valence-electron chi connectivity index (χ0n) is 10.2. The number of phenols is 1. The fraction of sp³-hybridized carbons (Fsp3) is 0.462. The van der Waals surface area contributed by atoms with Crippen molar-refractivity contribution in [2.75, 3.05) is 13.2 Å². The lowest BCUT2D eigenvalue weighted by atomic mass is 10.2. The van der Waals surface area contributed by atoms with Gasteiger partial charge in [-0.2, -0.15) is 0 Å². The third-order valence-electron chi connectivity index (χ3n) is 2.11. The maximum Gasteiger partial charge on any atom is 0.338 e. The van der Waals surface area contributed by atoms with E-state index in [1.165, 1.54) is 24.3 Å². The smallest absolute Gasteiger partial charge is 0.338 e. The molecule has 4 heteroatoms. The second kappa shape index (κ2) is 6.91. The molecular formula is C13H18O4. The minimum Gasteiger partial charge on any atom is -0.508 e. The Labute approximate surface area is 101 Å². The highest BCUT2D eigenvalue weighted by Gasteiger charge is 2.11. The first-order chi connectivity index (χ1) is 8.13. The minimum absolute atomic E-state index is 0.126. The van der Waals surface area contributed by atoms with Crippen LogP contribution in [-0.2, 0) is 9.47 Å². The molecule has 0 saturated heterocycles. The van der Waals surface area contributed by atoms with Crippen LogP contribution in [0.3, 0.4) is 0 Å². The van der Waals surface area contributed by atoms with E-state index >= 15 is 0 Å². The lowest BCUT2D eigenvalue weighted by Crippen LogP contribution is -2.20. The van der Waals surface area contributed by atoms with Crippen LogP contribution in [0.2, 0.25) is 0 Å². The predicted molar refractivity (Wildman–Crippen MR) is 64.1 cm³/mol. The fourth-order valence-electron chi connectivity index (χ4n) is 1.28. The first-order valence-corrected chi connectivity index (χ1v) is 5.71. The standard InChI is InChI=1S/C13H18O4/c1-3-8-16-9-10(2)17-13(15)11-4-6-12(14)7-5-11/h4-7,10,14H,3,8-9H2,1-2H3/t10-/m0/s1. The second-order valence-electron chi connectivity index (χ2n) is 3.84. The number of aromatic hydroxyl groups is 1. The molecule has 1 N–H and O–H groups in total. The van der Waals surface area contributed by atoms with Crippen molar-refractivity contribution in [3.05, 3.63) is 29.8 Å². The van der Waals surface area contributed by atoms with Gasteiger partial charge in [0.1, 0.15) is 11.9 Å². The quantitative estimate of drug-likeness (QED) is 0.610. The molecule has 0 aliphatic heterocycles. The Morgan fingerprint density at radius 1 is 1.35 bits per heavy atom. The maximum absolute atomic E-state index is 11.6. The van der Waals surface area contributed by atoms with Crippen LogP contribution in [0.4, 0.5) is 0 Å². The summed E-state index contributed by atoms with van der Waals surface area (Å²) in [7, 11) is 0. The Kier molecular flexibility index (Phi) is 5.49. The third-order valence-corrected chi connectivity index (χ3v) is 2.11. The lowest BCUT2D eigenvalue weighted by Gasteiger charge is -2.13. The topological polar surface area (TPSA) is 55.8 Å². The number of benzene rings is 1. The number of hydrogen-bond acceptors (Lipinski definition) is 4. The average molecular weight is 238 g/mol. The molecule has 1 rings (SSSR count). The normalized spacial score (nSPS) is 12.1. The summed E-state index contributed by atoms with van der Waals surface area (Å²) in [5.41, 5.74) is 0.421. The zero-order chi connectivity index (χ0) is 12.7. The van der Waals surface area contributed by atoms with Gasteiger partial charge in [0.15, 0.2) is 0 Å². The number of ether oxygens (including phenoxy) is 2. The van der Waals surface area contributed by atoms with E-state index in [-0.39, 0.29) is 11.9 Å². The molecule has 1 aromatic rings. The Morgan fingerprint density at radius 2 is 2.00 bits per heavy atom. The van der Waals surface area contributed by atoms with Crippen LogP contribution in [0.5, 0.6) is 5.75 Å². The molecule has 1 atom stereocenters. The summed E-state index contributed by atoms with van der Waals surface area (Å²) < 4.78 is 10.5. The van der Waals surface area contributed by atoms with Crippen LogP contribution < -0.4 is 0 Å². The molecule has 0 aromatic heterocycles. The van der Waals surface area contributed by atoms with Crippen LogP contribution in [-0.4, -0.2) is 30.4 Å². The van der Waals surface area contributed by atoms with Gasteiger partial charge in [-0.05, 0) is 37.6 Å². The van der Waals surface area contributed by atoms with Crippen LogP contribution in [0, 0.1) is 0 Å². The van der Waals surface area contributed by atoms with Gasteiger partial charge < -0.3 is 14.6 Å². The van der Waals surface area contributed by atoms with Gasteiger partial charge in [0.2, 0.25) is 0 Å². The minimum atomic E-state index is -0.405. The van der Waals surface area contributed by atoms with E-state index in [2.05, 4.69) is 0 Å². The summed E-state index contributed by atoms with van der Waals surface area (Å²) in [6.45, 7) is 4.87. The molecule has 0 aliphatic rings. The first-order valence-electron chi connectivity index (χ1n) is 5.71. The van der Waals surface area contributed by atoms with Crippen molar-refractivity contribution in [2.24, 2.45) is 0 Å². The van der Waals surface area contributed by atoms with Gasteiger partial charge in [0.05, 0.1) is 12.2 Å². The molecule has 0 unspecified atom stereocenters. The molecule has 0 aliphatic carbocycles.